The molecule has 0 spiro atoms. The molecule has 0 saturated carbocycles. The average molecular weight is 515 g/mol. The number of piperidine rings is 1. The van der Waals surface area contributed by atoms with E-state index in [0.717, 1.165) is 37.4 Å². The molecule has 5 rings (SSSR count). The zero-order valence-electron chi connectivity index (χ0n) is 21.3. The number of benzene rings is 1. The summed E-state index contributed by atoms with van der Waals surface area (Å²) in [7, 11) is 0. The molecule has 1 aromatic heterocycles. The standard InChI is InChI=1S/C25H30F2N6S.C2H6/c1-17-3-2-4-20(11-17)33(34-22-7-9-32(10-8-22)21-14-28-15-21)16-19-6-5-18(13-29-19)23-12-24(25(26)27)31-30-23;1-2/h2-6,11,13,21-22,25,28H,7-10,12,14-16H2,1H3;1-2H3. The van der Waals surface area contributed by atoms with Crippen molar-refractivity contribution in [2.75, 3.05) is 30.5 Å². The number of nitrogens with zero attached hydrogens (tertiary/aromatic N) is 5. The van der Waals surface area contributed by atoms with Gasteiger partial charge in [0.15, 0.2) is 0 Å². The van der Waals surface area contributed by atoms with Crippen molar-refractivity contribution in [2.45, 2.75) is 64.3 Å². The second-order valence-corrected chi connectivity index (χ2v) is 10.5. The minimum Gasteiger partial charge on any atom is -0.314 e. The number of nitrogens with one attached hydrogen (secondary N) is 1. The van der Waals surface area contributed by atoms with E-state index in [1.54, 1.807) is 6.20 Å². The van der Waals surface area contributed by atoms with Gasteiger partial charge in [-0.1, -0.05) is 26.0 Å². The Balaban J connectivity index is 0.00000148. The SMILES string of the molecule is CC.Cc1cccc(N(Cc2ccc(C3=NN=C(C(F)F)C3)cn2)SC2CCN(C3CNC3)CC2)c1. The van der Waals surface area contributed by atoms with Crippen molar-refractivity contribution >= 4 is 29.1 Å². The van der Waals surface area contributed by atoms with Crippen molar-refractivity contribution in [3.8, 4) is 0 Å². The zero-order valence-corrected chi connectivity index (χ0v) is 22.1. The number of anilines is 1. The van der Waals surface area contributed by atoms with E-state index in [0.29, 0.717) is 23.5 Å². The summed E-state index contributed by atoms with van der Waals surface area (Å²) in [5.74, 6) is 0. The molecule has 2 fully saturated rings. The molecule has 9 heteroatoms. The average Bonchev–Trinajstić information content (AvgIpc) is 3.36. The highest BCUT2D eigenvalue weighted by Gasteiger charge is 2.30. The van der Waals surface area contributed by atoms with Gasteiger partial charge in [-0.3, -0.25) is 9.88 Å². The summed E-state index contributed by atoms with van der Waals surface area (Å²) in [4.78, 5) is 7.26. The fourth-order valence-corrected chi connectivity index (χ4v) is 5.74. The summed E-state index contributed by atoms with van der Waals surface area (Å²) in [5.41, 5.74) is 4.46. The number of likely N-dealkylation sites (tertiary alicyclic amines) is 1. The number of alkyl halides is 2. The van der Waals surface area contributed by atoms with Gasteiger partial charge in [0.1, 0.15) is 5.71 Å². The molecular formula is C27H36F2N6S. The Bertz CT molecular complexity index is 1050. The third-order valence-electron chi connectivity index (χ3n) is 6.68. The van der Waals surface area contributed by atoms with Crippen molar-refractivity contribution in [3.63, 3.8) is 0 Å². The van der Waals surface area contributed by atoms with Gasteiger partial charge in [0.25, 0.3) is 6.43 Å². The molecule has 0 aliphatic carbocycles. The number of rotatable bonds is 8. The molecule has 0 radical (unpaired) electrons. The summed E-state index contributed by atoms with van der Waals surface area (Å²) < 4.78 is 28.1. The van der Waals surface area contributed by atoms with Crippen LogP contribution in [-0.2, 0) is 6.54 Å². The van der Waals surface area contributed by atoms with Crippen LogP contribution < -0.4 is 9.62 Å². The van der Waals surface area contributed by atoms with Crippen LogP contribution in [0.15, 0.2) is 52.8 Å². The molecule has 36 heavy (non-hydrogen) atoms. The van der Waals surface area contributed by atoms with Crippen LogP contribution in [0, 0.1) is 6.92 Å². The lowest BCUT2D eigenvalue weighted by molar-refractivity contribution is 0.123. The molecule has 0 bridgehead atoms. The molecular weight excluding hydrogens is 478 g/mol. The van der Waals surface area contributed by atoms with E-state index >= 15 is 0 Å². The Labute approximate surface area is 217 Å². The third kappa shape index (κ3) is 6.69. The number of hydrogen-bond donors (Lipinski definition) is 1. The first kappa shape index (κ1) is 26.7. The highest BCUT2D eigenvalue weighted by atomic mass is 32.2. The summed E-state index contributed by atoms with van der Waals surface area (Å²) in [6, 6.07) is 13.2. The molecule has 2 saturated heterocycles. The van der Waals surface area contributed by atoms with E-state index in [1.807, 2.05) is 37.9 Å². The maximum absolute atomic E-state index is 12.9. The van der Waals surface area contributed by atoms with Crippen LogP contribution in [0.1, 0.15) is 49.9 Å². The van der Waals surface area contributed by atoms with Gasteiger partial charge in [-0.15, -0.1) is 0 Å². The Hall–Kier alpha value is -2.36. The van der Waals surface area contributed by atoms with Crippen molar-refractivity contribution in [2.24, 2.45) is 10.2 Å². The Morgan fingerprint density at radius 2 is 1.89 bits per heavy atom. The number of halogens is 2. The maximum Gasteiger partial charge on any atom is 0.278 e. The van der Waals surface area contributed by atoms with Gasteiger partial charge in [-0.2, -0.15) is 10.2 Å². The van der Waals surface area contributed by atoms with Crippen LogP contribution in [0.2, 0.25) is 0 Å². The molecule has 2 aromatic rings. The van der Waals surface area contributed by atoms with Crippen LogP contribution in [0.25, 0.3) is 0 Å². The van der Waals surface area contributed by atoms with E-state index in [2.05, 4.69) is 60.9 Å². The zero-order chi connectivity index (χ0) is 25.5. The van der Waals surface area contributed by atoms with E-state index in [-0.39, 0.29) is 12.1 Å². The maximum atomic E-state index is 12.9. The molecule has 3 aliphatic heterocycles. The molecule has 1 N–H and O–H groups in total. The number of hydrogen-bond acceptors (Lipinski definition) is 7. The van der Waals surface area contributed by atoms with Crippen molar-refractivity contribution < 1.29 is 8.78 Å². The Morgan fingerprint density at radius 1 is 1.11 bits per heavy atom. The minimum absolute atomic E-state index is 0.0829. The summed E-state index contributed by atoms with van der Waals surface area (Å²) in [6.07, 6.45) is 1.61. The van der Waals surface area contributed by atoms with Crippen LogP contribution in [0.4, 0.5) is 14.5 Å². The predicted molar refractivity (Wildman–Crippen MR) is 146 cm³/mol. The van der Waals surface area contributed by atoms with Gasteiger partial charge in [-0.25, -0.2) is 8.78 Å². The molecule has 0 unspecified atom stereocenters. The second-order valence-electron chi connectivity index (χ2n) is 9.18. The van der Waals surface area contributed by atoms with Gasteiger partial charge in [0.05, 0.1) is 18.0 Å². The first-order chi connectivity index (χ1) is 17.5. The van der Waals surface area contributed by atoms with Gasteiger partial charge >= 0.3 is 0 Å². The third-order valence-corrected chi connectivity index (χ3v) is 8.05. The van der Waals surface area contributed by atoms with Crippen LogP contribution in [0.3, 0.4) is 0 Å². The fourth-order valence-electron chi connectivity index (χ4n) is 4.51. The van der Waals surface area contributed by atoms with Crippen molar-refractivity contribution in [1.29, 1.82) is 0 Å². The quantitative estimate of drug-likeness (QED) is 0.483. The smallest absolute Gasteiger partial charge is 0.278 e. The molecule has 6 nitrogen and oxygen atoms in total. The van der Waals surface area contributed by atoms with Gasteiger partial charge < -0.3 is 9.62 Å². The molecule has 0 amide bonds. The molecule has 194 valence electrons. The highest BCUT2D eigenvalue weighted by molar-refractivity contribution is 8.01. The second kappa shape index (κ2) is 12.7. The molecule has 3 aliphatic rings. The van der Waals surface area contributed by atoms with Crippen LogP contribution in [-0.4, -0.2) is 65.2 Å². The van der Waals surface area contributed by atoms with E-state index in [4.69, 9.17) is 0 Å². The van der Waals surface area contributed by atoms with Crippen LogP contribution >= 0.6 is 11.9 Å². The number of aromatic nitrogens is 1. The fraction of sp³-hybridized carbons (Fsp3) is 0.519. The van der Waals surface area contributed by atoms with Crippen molar-refractivity contribution in [1.82, 2.24) is 15.2 Å². The normalized spacial score (nSPS) is 18.8. The van der Waals surface area contributed by atoms with E-state index in [1.165, 1.54) is 24.1 Å². The monoisotopic (exact) mass is 514 g/mol. The lowest BCUT2D eigenvalue weighted by atomic mass is 10.0. The summed E-state index contributed by atoms with van der Waals surface area (Å²) >= 11 is 1.92. The van der Waals surface area contributed by atoms with E-state index < -0.39 is 6.43 Å². The van der Waals surface area contributed by atoms with E-state index in [9.17, 15) is 8.78 Å². The number of pyridine rings is 1. The first-order valence-corrected chi connectivity index (χ1v) is 13.7. The Morgan fingerprint density at radius 3 is 2.47 bits per heavy atom. The van der Waals surface area contributed by atoms with Crippen LogP contribution in [0.5, 0.6) is 0 Å². The topological polar surface area (TPSA) is 56.1 Å². The first-order valence-electron chi connectivity index (χ1n) is 12.9. The largest absolute Gasteiger partial charge is 0.314 e. The number of aryl methyl sites for hydroxylation is 1. The summed E-state index contributed by atoms with van der Waals surface area (Å²) in [5, 5.41) is 11.5. The predicted octanol–water partition coefficient (Wildman–Crippen LogP) is 5.32. The summed E-state index contributed by atoms with van der Waals surface area (Å²) in [6.45, 7) is 11.3. The van der Waals surface area contributed by atoms with Crippen molar-refractivity contribution in [3.05, 3.63) is 59.4 Å². The molecule has 0 atom stereocenters. The molecule has 4 heterocycles. The Kier molecular flexibility index (Phi) is 9.45. The van der Waals surface area contributed by atoms with Gasteiger partial charge in [0.2, 0.25) is 0 Å². The lowest BCUT2D eigenvalue weighted by Crippen LogP contribution is -2.59. The highest BCUT2D eigenvalue weighted by Crippen LogP contribution is 2.33. The minimum atomic E-state index is -2.56. The molecule has 1 aromatic carbocycles. The van der Waals surface area contributed by atoms with Gasteiger partial charge in [0, 0.05) is 48.2 Å². The van der Waals surface area contributed by atoms with Gasteiger partial charge in [-0.05, 0) is 74.6 Å². The lowest BCUT2D eigenvalue weighted by Gasteiger charge is -2.42.